The molecule has 1 aliphatic rings. The number of morpholine rings is 1. The molecule has 1 N–H and O–H groups in total. The molecule has 0 aliphatic carbocycles. The number of carbonyl (C=O) groups is 1. The smallest absolute Gasteiger partial charge is 0.251 e. The summed E-state index contributed by atoms with van der Waals surface area (Å²) < 4.78 is 5.31. The molecule has 0 radical (unpaired) electrons. The van der Waals surface area contributed by atoms with Gasteiger partial charge in [-0.05, 0) is 43.5 Å². The van der Waals surface area contributed by atoms with Gasteiger partial charge in [0.25, 0.3) is 5.91 Å². The summed E-state index contributed by atoms with van der Waals surface area (Å²) in [5.41, 5.74) is 0.731. The molecule has 0 saturated carbocycles. The van der Waals surface area contributed by atoms with E-state index in [1.54, 1.807) is 11.8 Å². The van der Waals surface area contributed by atoms with Crippen LogP contribution in [-0.4, -0.2) is 56.5 Å². The first-order chi connectivity index (χ1) is 9.79. The molecular formula is C15H22N2O2S. The van der Waals surface area contributed by atoms with Crippen molar-refractivity contribution >= 4 is 17.7 Å². The Bertz CT molecular complexity index is 416. The van der Waals surface area contributed by atoms with E-state index < -0.39 is 0 Å². The zero-order chi connectivity index (χ0) is 14.2. The third-order valence-corrected chi connectivity index (χ3v) is 4.14. The van der Waals surface area contributed by atoms with Crippen molar-refractivity contribution < 1.29 is 9.53 Å². The number of nitrogens with one attached hydrogen (secondary N) is 1. The molecule has 1 aromatic carbocycles. The quantitative estimate of drug-likeness (QED) is 0.642. The molecule has 20 heavy (non-hydrogen) atoms. The van der Waals surface area contributed by atoms with Gasteiger partial charge in [0.05, 0.1) is 13.2 Å². The summed E-state index contributed by atoms with van der Waals surface area (Å²) in [6.07, 6.45) is 3.01. The van der Waals surface area contributed by atoms with E-state index in [9.17, 15) is 4.79 Å². The average Bonchev–Trinajstić information content (AvgIpc) is 2.52. The van der Waals surface area contributed by atoms with Crippen molar-refractivity contribution in [2.75, 3.05) is 45.6 Å². The number of benzene rings is 1. The molecule has 1 aromatic rings. The van der Waals surface area contributed by atoms with Crippen molar-refractivity contribution in [1.82, 2.24) is 10.2 Å². The first-order valence-corrected chi connectivity index (χ1v) is 8.24. The van der Waals surface area contributed by atoms with E-state index in [1.165, 1.54) is 4.90 Å². The fourth-order valence-corrected chi connectivity index (χ4v) is 2.58. The highest BCUT2D eigenvalue weighted by molar-refractivity contribution is 7.98. The van der Waals surface area contributed by atoms with Gasteiger partial charge in [0.15, 0.2) is 0 Å². The second-order valence-electron chi connectivity index (χ2n) is 4.79. The van der Waals surface area contributed by atoms with Gasteiger partial charge in [0, 0.05) is 30.1 Å². The standard InChI is InChI=1S/C15H22N2O2S/c1-20-14-5-3-13(4-6-14)15(18)16-7-2-8-17-9-11-19-12-10-17/h3-6H,2,7-12H2,1H3,(H,16,18). The van der Waals surface area contributed by atoms with E-state index in [1.807, 2.05) is 30.5 Å². The predicted molar refractivity (Wildman–Crippen MR) is 82.4 cm³/mol. The van der Waals surface area contributed by atoms with E-state index in [2.05, 4.69) is 10.2 Å². The van der Waals surface area contributed by atoms with Crippen LogP contribution in [0.2, 0.25) is 0 Å². The van der Waals surface area contributed by atoms with E-state index in [-0.39, 0.29) is 5.91 Å². The number of nitrogens with zero attached hydrogens (tertiary/aromatic N) is 1. The summed E-state index contributed by atoms with van der Waals surface area (Å²) in [5, 5.41) is 2.97. The minimum Gasteiger partial charge on any atom is -0.379 e. The van der Waals surface area contributed by atoms with Crippen LogP contribution in [0.5, 0.6) is 0 Å². The number of ether oxygens (including phenoxy) is 1. The van der Waals surface area contributed by atoms with Crippen LogP contribution in [0, 0.1) is 0 Å². The summed E-state index contributed by atoms with van der Waals surface area (Å²) in [6.45, 7) is 5.41. The van der Waals surface area contributed by atoms with E-state index >= 15 is 0 Å². The zero-order valence-corrected chi connectivity index (χ0v) is 12.7. The van der Waals surface area contributed by atoms with Crippen LogP contribution in [-0.2, 0) is 4.74 Å². The Labute approximate surface area is 124 Å². The molecule has 1 amide bonds. The topological polar surface area (TPSA) is 41.6 Å². The van der Waals surface area contributed by atoms with Crippen molar-refractivity contribution in [2.24, 2.45) is 0 Å². The van der Waals surface area contributed by atoms with Gasteiger partial charge in [-0.2, -0.15) is 0 Å². The van der Waals surface area contributed by atoms with E-state index in [0.717, 1.165) is 51.4 Å². The Balaban J connectivity index is 1.66. The van der Waals surface area contributed by atoms with Crippen LogP contribution in [0.4, 0.5) is 0 Å². The lowest BCUT2D eigenvalue weighted by atomic mass is 10.2. The Kier molecular flexibility index (Phi) is 6.36. The average molecular weight is 294 g/mol. The van der Waals surface area contributed by atoms with Gasteiger partial charge in [0.2, 0.25) is 0 Å². The Hall–Kier alpha value is -1.04. The molecule has 0 unspecified atom stereocenters. The molecule has 0 bridgehead atoms. The van der Waals surface area contributed by atoms with Crippen LogP contribution in [0.15, 0.2) is 29.2 Å². The highest BCUT2D eigenvalue weighted by Gasteiger charge is 2.10. The summed E-state index contributed by atoms with van der Waals surface area (Å²) in [6, 6.07) is 7.72. The minimum absolute atomic E-state index is 0.0135. The monoisotopic (exact) mass is 294 g/mol. The number of hydrogen-bond donors (Lipinski definition) is 1. The summed E-state index contributed by atoms with van der Waals surface area (Å²) in [4.78, 5) is 15.5. The lowest BCUT2D eigenvalue weighted by Crippen LogP contribution is -2.38. The predicted octanol–water partition coefficient (Wildman–Crippen LogP) is 1.86. The largest absolute Gasteiger partial charge is 0.379 e. The highest BCUT2D eigenvalue weighted by Crippen LogP contribution is 2.14. The molecule has 5 heteroatoms. The van der Waals surface area contributed by atoms with Crippen molar-refractivity contribution in [3.63, 3.8) is 0 Å². The highest BCUT2D eigenvalue weighted by atomic mass is 32.2. The lowest BCUT2D eigenvalue weighted by Gasteiger charge is -2.26. The maximum Gasteiger partial charge on any atom is 0.251 e. The third-order valence-electron chi connectivity index (χ3n) is 3.39. The molecule has 0 atom stereocenters. The lowest BCUT2D eigenvalue weighted by molar-refractivity contribution is 0.0374. The molecule has 110 valence electrons. The number of carbonyl (C=O) groups excluding carboxylic acids is 1. The van der Waals surface area contributed by atoms with Crippen molar-refractivity contribution in [3.05, 3.63) is 29.8 Å². The Morgan fingerprint density at radius 2 is 2.00 bits per heavy atom. The van der Waals surface area contributed by atoms with Crippen LogP contribution < -0.4 is 5.32 Å². The fraction of sp³-hybridized carbons (Fsp3) is 0.533. The molecule has 4 nitrogen and oxygen atoms in total. The van der Waals surface area contributed by atoms with E-state index in [0.29, 0.717) is 0 Å². The minimum atomic E-state index is 0.0135. The van der Waals surface area contributed by atoms with Crippen molar-refractivity contribution in [2.45, 2.75) is 11.3 Å². The number of hydrogen-bond acceptors (Lipinski definition) is 4. The van der Waals surface area contributed by atoms with Crippen LogP contribution in [0.25, 0.3) is 0 Å². The molecule has 2 rings (SSSR count). The second kappa shape index (κ2) is 8.29. The van der Waals surface area contributed by atoms with Gasteiger partial charge in [0.1, 0.15) is 0 Å². The maximum absolute atomic E-state index is 11.9. The van der Waals surface area contributed by atoms with Gasteiger partial charge in [-0.25, -0.2) is 0 Å². The number of rotatable bonds is 6. The first-order valence-electron chi connectivity index (χ1n) is 7.02. The molecular weight excluding hydrogens is 272 g/mol. The fourth-order valence-electron chi connectivity index (χ4n) is 2.17. The normalized spacial score (nSPS) is 16.1. The van der Waals surface area contributed by atoms with Crippen molar-refractivity contribution in [1.29, 1.82) is 0 Å². The molecule has 0 aromatic heterocycles. The molecule has 0 spiro atoms. The van der Waals surface area contributed by atoms with Gasteiger partial charge in [-0.1, -0.05) is 0 Å². The van der Waals surface area contributed by atoms with Crippen molar-refractivity contribution in [3.8, 4) is 0 Å². The van der Waals surface area contributed by atoms with Gasteiger partial charge in [-0.3, -0.25) is 9.69 Å². The van der Waals surface area contributed by atoms with Gasteiger partial charge in [-0.15, -0.1) is 11.8 Å². The zero-order valence-electron chi connectivity index (χ0n) is 11.9. The van der Waals surface area contributed by atoms with Gasteiger partial charge >= 0.3 is 0 Å². The van der Waals surface area contributed by atoms with Gasteiger partial charge < -0.3 is 10.1 Å². The Morgan fingerprint density at radius 3 is 2.65 bits per heavy atom. The number of thioether (sulfide) groups is 1. The molecule has 1 saturated heterocycles. The second-order valence-corrected chi connectivity index (χ2v) is 5.67. The Morgan fingerprint density at radius 1 is 1.30 bits per heavy atom. The molecule has 1 fully saturated rings. The molecule has 1 heterocycles. The third kappa shape index (κ3) is 4.81. The number of amides is 1. The van der Waals surface area contributed by atoms with Crippen LogP contribution in [0.1, 0.15) is 16.8 Å². The maximum atomic E-state index is 11.9. The first kappa shape index (κ1) is 15.4. The van der Waals surface area contributed by atoms with Crippen LogP contribution in [0.3, 0.4) is 0 Å². The van der Waals surface area contributed by atoms with Crippen LogP contribution >= 0.6 is 11.8 Å². The van der Waals surface area contributed by atoms with E-state index in [4.69, 9.17) is 4.74 Å². The summed E-state index contributed by atoms with van der Waals surface area (Å²) in [7, 11) is 0. The molecule has 1 aliphatic heterocycles. The SMILES string of the molecule is CSc1ccc(C(=O)NCCCN2CCOCC2)cc1. The summed E-state index contributed by atoms with van der Waals surface area (Å²) >= 11 is 1.68. The summed E-state index contributed by atoms with van der Waals surface area (Å²) in [5.74, 6) is 0.0135.